The van der Waals surface area contributed by atoms with E-state index in [0.717, 1.165) is 19.8 Å². The van der Waals surface area contributed by atoms with Gasteiger partial charge in [-0.1, -0.05) is 24.3 Å². The molecule has 2 heteroatoms. The minimum atomic E-state index is 0.444. The fourth-order valence-corrected chi connectivity index (χ4v) is 2.76. The number of rotatable bonds is 6. The highest BCUT2D eigenvalue weighted by molar-refractivity contribution is 5.32. The minimum Gasteiger partial charge on any atom is -0.380 e. The van der Waals surface area contributed by atoms with Gasteiger partial charge in [-0.25, -0.2) is 0 Å². The standard InChI is InChI=1S/C16H25NO/c1-3-18-12-13(2)17-11-15-9-6-8-14-7-4-5-10-16(14)15/h4-5,7,10,13,15,17H,3,6,8-9,11-12H2,1-2H3. The number of ether oxygens (including phenoxy) is 1. The molecule has 100 valence electrons. The molecule has 0 saturated carbocycles. The highest BCUT2D eigenvalue weighted by Gasteiger charge is 2.19. The second-order valence-electron chi connectivity index (χ2n) is 5.26. The topological polar surface area (TPSA) is 21.3 Å². The van der Waals surface area contributed by atoms with E-state index in [2.05, 4.69) is 36.5 Å². The highest BCUT2D eigenvalue weighted by Crippen LogP contribution is 2.30. The summed E-state index contributed by atoms with van der Waals surface area (Å²) in [7, 11) is 0. The van der Waals surface area contributed by atoms with E-state index >= 15 is 0 Å². The Morgan fingerprint density at radius 1 is 1.39 bits per heavy atom. The second kappa shape index (κ2) is 6.91. The van der Waals surface area contributed by atoms with Gasteiger partial charge in [0.2, 0.25) is 0 Å². The highest BCUT2D eigenvalue weighted by atomic mass is 16.5. The second-order valence-corrected chi connectivity index (χ2v) is 5.26. The van der Waals surface area contributed by atoms with Crippen molar-refractivity contribution in [2.75, 3.05) is 19.8 Å². The van der Waals surface area contributed by atoms with Crippen molar-refractivity contribution in [1.82, 2.24) is 5.32 Å². The van der Waals surface area contributed by atoms with E-state index in [1.165, 1.54) is 19.3 Å². The molecule has 0 amide bonds. The Bertz CT molecular complexity index is 364. The average molecular weight is 247 g/mol. The maximum absolute atomic E-state index is 5.44. The summed E-state index contributed by atoms with van der Waals surface area (Å²) in [6.45, 7) is 6.93. The van der Waals surface area contributed by atoms with Gasteiger partial charge in [-0.15, -0.1) is 0 Å². The van der Waals surface area contributed by atoms with Crippen LogP contribution in [0.3, 0.4) is 0 Å². The molecule has 1 N–H and O–H groups in total. The largest absolute Gasteiger partial charge is 0.380 e. The SMILES string of the molecule is CCOCC(C)NCC1CCCc2ccccc21. The van der Waals surface area contributed by atoms with Crippen LogP contribution in [0.25, 0.3) is 0 Å². The third-order valence-electron chi connectivity index (χ3n) is 3.78. The van der Waals surface area contributed by atoms with E-state index in [4.69, 9.17) is 4.74 Å². The van der Waals surface area contributed by atoms with Gasteiger partial charge >= 0.3 is 0 Å². The van der Waals surface area contributed by atoms with Gasteiger partial charge in [-0.2, -0.15) is 0 Å². The molecule has 0 spiro atoms. The van der Waals surface area contributed by atoms with Gasteiger partial charge in [0.1, 0.15) is 0 Å². The zero-order chi connectivity index (χ0) is 12.8. The maximum Gasteiger partial charge on any atom is 0.0616 e. The van der Waals surface area contributed by atoms with Crippen LogP contribution in [0.15, 0.2) is 24.3 Å². The van der Waals surface area contributed by atoms with Crippen molar-refractivity contribution >= 4 is 0 Å². The van der Waals surface area contributed by atoms with Crippen LogP contribution < -0.4 is 5.32 Å². The number of hydrogen-bond acceptors (Lipinski definition) is 2. The van der Waals surface area contributed by atoms with E-state index in [9.17, 15) is 0 Å². The molecule has 0 radical (unpaired) electrons. The zero-order valence-electron chi connectivity index (χ0n) is 11.6. The van der Waals surface area contributed by atoms with Gasteiger partial charge in [0, 0.05) is 19.2 Å². The molecule has 1 aromatic carbocycles. The van der Waals surface area contributed by atoms with Crippen molar-refractivity contribution in [1.29, 1.82) is 0 Å². The fraction of sp³-hybridized carbons (Fsp3) is 0.625. The lowest BCUT2D eigenvalue weighted by molar-refractivity contribution is 0.126. The molecule has 0 bridgehead atoms. The molecular formula is C16H25NO. The molecule has 0 aromatic heterocycles. The van der Waals surface area contributed by atoms with Crippen molar-refractivity contribution in [3.63, 3.8) is 0 Å². The lowest BCUT2D eigenvalue weighted by Crippen LogP contribution is -2.34. The summed E-state index contributed by atoms with van der Waals surface area (Å²) < 4.78 is 5.44. The van der Waals surface area contributed by atoms with Gasteiger partial charge in [0.25, 0.3) is 0 Å². The summed E-state index contributed by atoms with van der Waals surface area (Å²) in [5.41, 5.74) is 3.10. The number of fused-ring (bicyclic) bond motifs is 1. The summed E-state index contributed by atoms with van der Waals surface area (Å²) >= 11 is 0. The number of nitrogens with one attached hydrogen (secondary N) is 1. The molecule has 0 heterocycles. The van der Waals surface area contributed by atoms with Crippen molar-refractivity contribution in [3.05, 3.63) is 35.4 Å². The number of benzene rings is 1. The van der Waals surface area contributed by atoms with Crippen molar-refractivity contribution < 1.29 is 4.74 Å². The monoisotopic (exact) mass is 247 g/mol. The quantitative estimate of drug-likeness (QED) is 0.834. The maximum atomic E-state index is 5.44. The molecule has 2 nitrogen and oxygen atoms in total. The van der Waals surface area contributed by atoms with Gasteiger partial charge in [0.05, 0.1) is 6.61 Å². The van der Waals surface area contributed by atoms with Crippen molar-refractivity contribution in [2.45, 2.75) is 45.1 Å². The first-order chi connectivity index (χ1) is 8.81. The Labute approximate surface area is 111 Å². The molecule has 0 saturated heterocycles. The van der Waals surface area contributed by atoms with Crippen LogP contribution in [0.1, 0.15) is 43.7 Å². The molecule has 0 aliphatic heterocycles. The van der Waals surface area contributed by atoms with Crippen LogP contribution in [0.5, 0.6) is 0 Å². The summed E-state index contributed by atoms with van der Waals surface area (Å²) in [4.78, 5) is 0. The number of hydrogen-bond donors (Lipinski definition) is 1. The van der Waals surface area contributed by atoms with Crippen LogP contribution in [-0.2, 0) is 11.2 Å². The van der Waals surface area contributed by atoms with Crippen LogP contribution >= 0.6 is 0 Å². The molecular weight excluding hydrogens is 222 g/mol. The summed E-state index contributed by atoms with van der Waals surface area (Å²) in [6, 6.07) is 9.35. The Balaban J connectivity index is 1.87. The van der Waals surface area contributed by atoms with Crippen molar-refractivity contribution in [3.8, 4) is 0 Å². The third-order valence-corrected chi connectivity index (χ3v) is 3.78. The zero-order valence-corrected chi connectivity index (χ0v) is 11.6. The smallest absolute Gasteiger partial charge is 0.0616 e. The van der Waals surface area contributed by atoms with E-state index < -0.39 is 0 Å². The summed E-state index contributed by atoms with van der Waals surface area (Å²) in [5.74, 6) is 0.680. The molecule has 0 fully saturated rings. The Morgan fingerprint density at radius 2 is 2.22 bits per heavy atom. The first-order valence-corrected chi connectivity index (χ1v) is 7.20. The Morgan fingerprint density at radius 3 is 3.06 bits per heavy atom. The predicted molar refractivity (Wildman–Crippen MR) is 76.1 cm³/mol. The van der Waals surface area contributed by atoms with E-state index in [0.29, 0.717) is 12.0 Å². The van der Waals surface area contributed by atoms with Crippen LogP contribution in [0, 0.1) is 0 Å². The van der Waals surface area contributed by atoms with Gasteiger partial charge in [0.15, 0.2) is 0 Å². The Kier molecular flexibility index (Phi) is 5.21. The first kappa shape index (κ1) is 13.6. The first-order valence-electron chi connectivity index (χ1n) is 7.20. The summed E-state index contributed by atoms with van der Waals surface area (Å²) in [5, 5.41) is 3.60. The van der Waals surface area contributed by atoms with Crippen LogP contribution in [0.4, 0.5) is 0 Å². The lowest BCUT2D eigenvalue weighted by Gasteiger charge is -2.27. The Hall–Kier alpha value is -0.860. The minimum absolute atomic E-state index is 0.444. The van der Waals surface area contributed by atoms with Crippen LogP contribution in [-0.4, -0.2) is 25.8 Å². The molecule has 1 aliphatic carbocycles. The lowest BCUT2D eigenvalue weighted by atomic mass is 9.83. The normalized spacial score (nSPS) is 20.4. The fourth-order valence-electron chi connectivity index (χ4n) is 2.76. The predicted octanol–water partition coefficient (Wildman–Crippen LogP) is 3.12. The van der Waals surface area contributed by atoms with Gasteiger partial charge in [-0.3, -0.25) is 0 Å². The van der Waals surface area contributed by atoms with Crippen molar-refractivity contribution in [2.24, 2.45) is 0 Å². The molecule has 2 unspecified atom stereocenters. The molecule has 2 rings (SSSR count). The van der Waals surface area contributed by atoms with E-state index in [-0.39, 0.29) is 0 Å². The van der Waals surface area contributed by atoms with Crippen LogP contribution in [0.2, 0.25) is 0 Å². The van der Waals surface area contributed by atoms with E-state index in [1.54, 1.807) is 11.1 Å². The van der Waals surface area contributed by atoms with Gasteiger partial charge in [-0.05, 0) is 50.2 Å². The van der Waals surface area contributed by atoms with Gasteiger partial charge < -0.3 is 10.1 Å². The molecule has 1 aliphatic rings. The number of aryl methyl sites for hydroxylation is 1. The molecule has 18 heavy (non-hydrogen) atoms. The van der Waals surface area contributed by atoms with E-state index in [1.807, 2.05) is 6.92 Å². The summed E-state index contributed by atoms with van der Waals surface area (Å²) in [6.07, 6.45) is 3.88. The average Bonchev–Trinajstić information content (AvgIpc) is 2.42. The third kappa shape index (κ3) is 3.56. The molecule has 1 aromatic rings. The molecule has 2 atom stereocenters.